The first-order valence-electron chi connectivity index (χ1n) is 7.40. The fourth-order valence-electron chi connectivity index (χ4n) is 2.26. The third-order valence-corrected chi connectivity index (χ3v) is 3.44. The molecular weight excluding hydrogens is 254 g/mol. The largest absolute Gasteiger partial charge is 0.493 e. The SMILES string of the molecule is CCCn1ncc(OC)c1C(=O)C(C)CCCC(C)N. The summed E-state index contributed by atoms with van der Waals surface area (Å²) in [6.07, 6.45) is 5.32. The number of aromatic nitrogens is 2. The standard InChI is InChI=1S/C15H27N3O2/c1-5-9-18-14(13(20-4)10-17-18)15(19)11(2)7-6-8-12(3)16/h10-12H,5-9,16H2,1-4H3. The van der Waals surface area contributed by atoms with E-state index in [9.17, 15) is 4.79 Å². The van der Waals surface area contributed by atoms with Gasteiger partial charge in [-0.3, -0.25) is 9.48 Å². The number of ketones is 1. The maximum Gasteiger partial charge on any atom is 0.187 e. The van der Waals surface area contributed by atoms with Crippen molar-refractivity contribution in [2.75, 3.05) is 7.11 Å². The topological polar surface area (TPSA) is 70.1 Å². The molecule has 2 N–H and O–H groups in total. The van der Waals surface area contributed by atoms with Gasteiger partial charge in [-0.05, 0) is 26.2 Å². The minimum Gasteiger partial charge on any atom is -0.493 e. The number of hydrogen-bond acceptors (Lipinski definition) is 4. The molecule has 0 amide bonds. The third-order valence-electron chi connectivity index (χ3n) is 3.44. The van der Waals surface area contributed by atoms with Crippen LogP contribution in [0.2, 0.25) is 0 Å². The molecule has 5 heteroatoms. The number of rotatable bonds is 9. The van der Waals surface area contributed by atoms with Crippen LogP contribution < -0.4 is 10.5 Å². The van der Waals surface area contributed by atoms with Gasteiger partial charge in [-0.2, -0.15) is 5.10 Å². The van der Waals surface area contributed by atoms with Gasteiger partial charge in [0.15, 0.2) is 11.5 Å². The van der Waals surface area contributed by atoms with Crippen molar-refractivity contribution in [2.45, 2.75) is 59.0 Å². The highest BCUT2D eigenvalue weighted by atomic mass is 16.5. The summed E-state index contributed by atoms with van der Waals surface area (Å²) in [7, 11) is 1.57. The summed E-state index contributed by atoms with van der Waals surface area (Å²) in [5, 5.41) is 4.24. The van der Waals surface area contributed by atoms with Crippen molar-refractivity contribution in [2.24, 2.45) is 11.7 Å². The molecule has 0 spiro atoms. The van der Waals surface area contributed by atoms with E-state index in [-0.39, 0.29) is 17.7 Å². The van der Waals surface area contributed by atoms with Crippen LogP contribution in [-0.2, 0) is 6.54 Å². The second-order valence-corrected chi connectivity index (χ2v) is 5.46. The molecule has 2 atom stereocenters. The molecule has 5 nitrogen and oxygen atoms in total. The van der Waals surface area contributed by atoms with Gasteiger partial charge in [-0.15, -0.1) is 0 Å². The van der Waals surface area contributed by atoms with Crippen LogP contribution in [0, 0.1) is 5.92 Å². The lowest BCUT2D eigenvalue weighted by Crippen LogP contribution is -2.19. The molecule has 2 unspecified atom stereocenters. The Hall–Kier alpha value is -1.36. The minimum atomic E-state index is -0.0324. The van der Waals surface area contributed by atoms with E-state index in [0.29, 0.717) is 11.4 Å². The number of carbonyl (C=O) groups is 1. The van der Waals surface area contributed by atoms with Crippen LogP contribution >= 0.6 is 0 Å². The summed E-state index contributed by atoms with van der Waals surface area (Å²) in [5.41, 5.74) is 6.34. The predicted molar refractivity (Wildman–Crippen MR) is 80.1 cm³/mol. The Morgan fingerprint density at radius 3 is 2.70 bits per heavy atom. The number of nitrogens with zero attached hydrogens (tertiary/aromatic N) is 2. The number of ether oxygens (including phenoxy) is 1. The van der Waals surface area contributed by atoms with Crippen LogP contribution in [0.25, 0.3) is 0 Å². The molecule has 0 aliphatic carbocycles. The van der Waals surface area contributed by atoms with Gasteiger partial charge in [0, 0.05) is 18.5 Å². The maximum atomic E-state index is 12.6. The highest BCUT2D eigenvalue weighted by molar-refractivity contribution is 5.98. The van der Waals surface area contributed by atoms with Gasteiger partial charge >= 0.3 is 0 Å². The Labute approximate surface area is 121 Å². The summed E-state index contributed by atoms with van der Waals surface area (Å²) in [6, 6.07) is 0.192. The van der Waals surface area contributed by atoms with Crippen LogP contribution in [0.15, 0.2) is 6.20 Å². The second-order valence-electron chi connectivity index (χ2n) is 5.46. The summed E-state index contributed by atoms with van der Waals surface area (Å²) in [4.78, 5) is 12.6. The molecule has 0 bridgehead atoms. The predicted octanol–water partition coefficient (Wildman–Crippen LogP) is 2.64. The van der Waals surface area contributed by atoms with E-state index in [4.69, 9.17) is 10.5 Å². The first kappa shape index (κ1) is 16.7. The Balaban J connectivity index is 2.76. The number of nitrogens with two attached hydrogens (primary N) is 1. The molecule has 1 aromatic rings. The number of methoxy groups -OCH3 is 1. The Morgan fingerprint density at radius 2 is 2.15 bits per heavy atom. The average Bonchev–Trinajstić information content (AvgIpc) is 2.80. The zero-order chi connectivity index (χ0) is 15.1. The molecule has 1 heterocycles. The fraction of sp³-hybridized carbons (Fsp3) is 0.733. The van der Waals surface area contributed by atoms with Gasteiger partial charge in [0.1, 0.15) is 5.69 Å². The first-order chi connectivity index (χ1) is 9.51. The molecule has 0 fully saturated rings. The van der Waals surface area contributed by atoms with Crippen LogP contribution in [0.5, 0.6) is 5.75 Å². The van der Waals surface area contributed by atoms with Crippen LogP contribution in [0.4, 0.5) is 0 Å². The number of aryl methyl sites for hydroxylation is 1. The lowest BCUT2D eigenvalue weighted by molar-refractivity contribution is 0.0907. The molecule has 0 aromatic carbocycles. The highest BCUT2D eigenvalue weighted by Gasteiger charge is 2.23. The zero-order valence-electron chi connectivity index (χ0n) is 13.1. The van der Waals surface area contributed by atoms with Crippen LogP contribution in [0.3, 0.4) is 0 Å². The molecule has 0 radical (unpaired) electrons. The first-order valence-corrected chi connectivity index (χ1v) is 7.40. The summed E-state index contributed by atoms with van der Waals surface area (Å²) < 4.78 is 7.02. The van der Waals surface area contributed by atoms with E-state index >= 15 is 0 Å². The van der Waals surface area contributed by atoms with Crippen molar-refractivity contribution in [3.05, 3.63) is 11.9 Å². The van der Waals surface area contributed by atoms with Crippen molar-refractivity contribution in [1.29, 1.82) is 0 Å². The molecule has 0 aliphatic heterocycles. The van der Waals surface area contributed by atoms with Crippen LogP contribution in [0.1, 0.15) is 56.9 Å². The van der Waals surface area contributed by atoms with Crippen LogP contribution in [-0.4, -0.2) is 28.7 Å². The van der Waals surface area contributed by atoms with Crippen molar-refractivity contribution < 1.29 is 9.53 Å². The average molecular weight is 281 g/mol. The lowest BCUT2D eigenvalue weighted by Gasteiger charge is -2.13. The fourth-order valence-corrected chi connectivity index (χ4v) is 2.26. The molecule has 114 valence electrons. The number of Topliss-reactive ketones (excluding diaryl/α,β-unsaturated/α-hetero) is 1. The second kappa shape index (κ2) is 8.04. The number of carbonyl (C=O) groups excluding carboxylic acids is 1. The van der Waals surface area contributed by atoms with E-state index in [0.717, 1.165) is 32.2 Å². The lowest BCUT2D eigenvalue weighted by atomic mass is 9.96. The Bertz CT molecular complexity index is 427. The van der Waals surface area contributed by atoms with Gasteiger partial charge in [-0.1, -0.05) is 20.3 Å². The quantitative estimate of drug-likeness (QED) is 0.706. The van der Waals surface area contributed by atoms with E-state index in [1.54, 1.807) is 18.0 Å². The van der Waals surface area contributed by atoms with E-state index in [1.165, 1.54) is 0 Å². The number of hydrogen-bond donors (Lipinski definition) is 1. The normalized spacial score (nSPS) is 14.1. The highest BCUT2D eigenvalue weighted by Crippen LogP contribution is 2.23. The Kier molecular flexibility index (Phi) is 6.71. The summed E-state index contributed by atoms with van der Waals surface area (Å²) in [5.74, 6) is 0.648. The van der Waals surface area contributed by atoms with Gasteiger partial charge in [0.25, 0.3) is 0 Å². The molecule has 0 saturated carbocycles. The summed E-state index contributed by atoms with van der Waals surface area (Å²) in [6.45, 7) is 6.75. The van der Waals surface area contributed by atoms with Gasteiger partial charge < -0.3 is 10.5 Å². The molecule has 20 heavy (non-hydrogen) atoms. The molecule has 0 saturated heterocycles. The zero-order valence-corrected chi connectivity index (χ0v) is 13.1. The van der Waals surface area contributed by atoms with Gasteiger partial charge in [0.05, 0.1) is 13.3 Å². The van der Waals surface area contributed by atoms with Crippen molar-refractivity contribution in [3.8, 4) is 5.75 Å². The monoisotopic (exact) mass is 281 g/mol. The van der Waals surface area contributed by atoms with E-state index in [1.807, 2.05) is 13.8 Å². The molecule has 1 rings (SSSR count). The smallest absolute Gasteiger partial charge is 0.187 e. The van der Waals surface area contributed by atoms with Crippen molar-refractivity contribution >= 4 is 5.78 Å². The molecular formula is C15H27N3O2. The minimum absolute atomic E-state index is 0.0324. The van der Waals surface area contributed by atoms with Gasteiger partial charge in [-0.25, -0.2) is 0 Å². The molecule has 0 aliphatic rings. The van der Waals surface area contributed by atoms with E-state index in [2.05, 4.69) is 12.0 Å². The molecule has 1 aromatic heterocycles. The summed E-state index contributed by atoms with van der Waals surface area (Å²) >= 11 is 0. The Morgan fingerprint density at radius 1 is 1.45 bits per heavy atom. The maximum absolute atomic E-state index is 12.6. The van der Waals surface area contributed by atoms with Gasteiger partial charge in [0.2, 0.25) is 0 Å². The van der Waals surface area contributed by atoms with Crippen molar-refractivity contribution in [3.63, 3.8) is 0 Å². The third kappa shape index (κ3) is 4.34. The van der Waals surface area contributed by atoms with Crippen molar-refractivity contribution in [1.82, 2.24) is 9.78 Å². The van der Waals surface area contributed by atoms with E-state index < -0.39 is 0 Å².